The summed E-state index contributed by atoms with van der Waals surface area (Å²) in [6, 6.07) is 0. The molecular formula is C25H36O11. The van der Waals surface area contributed by atoms with E-state index in [4.69, 9.17) is 24.1 Å². The average Bonchev–Trinajstić information content (AvgIpc) is 3.22. The molecule has 2 heterocycles. The normalized spacial score (nSPS) is 36.8. The number of rotatable bonds is 10. The zero-order valence-corrected chi connectivity index (χ0v) is 20.3. The number of ether oxygens (including phenoxy) is 4. The van der Waals surface area contributed by atoms with E-state index in [2.05, 4.69) is 0 Å². The average molecular weight is 513 g/mol. The van der Waals surface area contributed by atoms with Crippen LogP contribution in [0.3, 0.4) is 0 Å². The summed E-state index contributed by atoms with van der Waals surface area (Å²) >= 11 is 0. The summed E-state index contributed by atoms with van der Waals surface area (Å²) < 4.78 is 22.5. The molecule has 0 aromatic rings. The zero-order chi connectivity index (χ0) is 26.4. The maximum absolute atomic E-state index is 12.7. The smallest absolute Gasteiger partial charge is 0.333 e. The Hall–Kier alpha value is -2.09. The highest BCUT2D eigenvalue weighted by Crippen LogP contribution is 2.42. The third kappa shape index (κ3) is 6.42. The molecule has 3 rings (SSSR count). The first-order valence-corrected chi connectivity index (χ1v) is 12.0. The second kappa shape index (κ2) is 12.9. The van der Waals surface area contributed by atoms with Gasteiger partial charge in [-0.05, 0) is 44.4 Å². The summed E-state index contributed by atoms with van der Waals surface area (Å²) in [6.45, 7) is 2.57. The molecule has 0 radical (unpaired) electrons. The third-order valence-corrected chi connectivity index (χ3v) is 6.70. The predicted octanol–water partition coefficient (Wildman–Crippen LogP) is -0.585. The molecule has 0 saturated carbocycles. The van der Waals surface area contributed by atoms with Crippen molar-refractivity contribution in [1.29, 1.82) is 0 Å². The Bertz CT molecular complexity index is 877. The van der Waals surface area contributed by atoms with Crippen molar-refractivity contribution >= 4 is 5.97 Å². The molecule has 11 nitrogen and oxygen atoms in total. The van der Waals surface area contributed by atoms with Crippen molar-refractivity contribution in [2.24, 2.45) is 11.8 Å². The van der Waals surface area contributed by atoms with Crippen molar-refractivity contribution in [2.45, 2.75) is 69.8 Å². The van der Waals surface area contributed by atoms with E-state index in [-0.39, 0.29) is 13.2 Å². The van der Waals surface area contributed by atoms with Gasteiger partial charge in [0.25, 0.3) is 0 Å². The van der Waals surface area contributed by atoms with Crippen molar-refractivity contribution in [3.63, 3.8) is 0 Å². The van der Waals surface area contributed by atoms with Gasteiger partial charge in [-0.3, -0.25) is 0 Å². The van der Waals surface area contributed by atoms with E-state index < -0.39 is 67.5 Å². The van der Waals surface area contributed by atoms with Gasteiger partial charge in [0, 0.05) is 11.5 Å². The van der Waals surface area contributed by atoms with Crippen LogP contribution in [-0.2, 0) is 23.7 Å². The van der Waals surface area contributed by atoms with Crippen LogP contribution in [0.25, 0.3) is 0 Å². The lowest BCUT2D eigenvalue weighted by Crippen LogP contribution is -2.60. The molecule has 0 spiro atoms. The number of hydrogen-bond acceptors (Lipinski definition) is 11. The SMILES string of the molecule is C/C(=C\CO)CC/C=C(\C)C(=O)O[C@H]1C=C(CO)[C@H]2[C@H](O[C@@H]3O[C@H](CO)[C@@H](O)[C@H](O)[C@H]3O)OC=C[C@H]21. The lowest BCUT2D eigenvalue weighted by atomic mass is 9.88. The molecule has 0 aromatic carbocycles. The fraction of sp³-hybridized carbons (Fsp3) is 0.640. The fourth-order valence-electron chi connectivity index (χ4n) is 4.54. The number of aliphatic hydroxyl groups excluding tert-OH is 6. The summed E-state index contributed by atoms with van der Waals surface area (Å²) in [4.78, 5) is 12.7. The van der Waals surface area contributed by atoms with E-state index in [9.17, 15) is 30.3 Å². The van der Waals surface area contributed by atoms with Gasteiger partial charge in [-0.1, -0.05) is 17.7 Å². The standard InChI is InChI=1S/C25H36O11/c1-13(6-8-26)4-3-5-14(2)23(32)34-17-10-15(11-27)19-16(17)7-9-33-24(19)36-25-22(31)21(30)20(29)18(12-28)35-25/h5-7,9-10,16-22,24-31H,3-4,8,11-12H2,1-2H3/b13-6+,14-5+/t16-,17-,18+,19+,20+,21-,22+,24-,25-/m0/s1. The van der Waals surface area contributed by atoms with Gasteiger partial charge >= 0.3 is 5.97 Å². The molecule has 9 atom stereocenters. The molecule has 1 fully saturated rings. The van der Waals surface area contributed by atoms with E-state index in [0.717, 1.165) is 5.57 Å². The van der Waals surface area contributed by atoms with Crippen molar-refractivity contribution in [1.82, 2.24) is 0 Å². The molecular weight excluding hydrogens is 476 g/mol. The Kier molecular flexibility index (Phi) is 10.2. The molecule has 1 saturated heterocycles. The van der Waals surface area contributed by atoms with Crippen molar-refractivity contribution in [3.05, 3.63) is 47.3 Å². The number of carbonyl (C=O) groups is 1. The second-order valence-corrected chi connectivity index (χ2v) is 9.20. The molecule has 202 valence electrons. The van der Waals surface area contributed by atoms with Crippen molar-refractivity contribution < 1.29 is 54.4 Å². The van der Waals surface area contributed by atoms with E-state index in [0.29, 0.717) is 24.0 Å². The molecule has 0 amide bonds. The number of allylic oxidation sites excluding steroid dienone is 2. The maximum atomic E-state index is 12.7. The first kappa shape index (κ1) is 28.5. The molecule has 3 aliphatic rings. The molecule has 2 aliphatic heterocycles. The first-order valence-electron chi connectivity index (χ1n) is 12.0. The molecule has 0 aromatic heterocycles. The summed E-state index contributed by atoms with van der Waals surface area (Å²) in [5.74, 6) is -1.52. The highest BCUT2D eigenvalue weighted by atomic mass is 16.8. The van der Waals surface area contributed by atoms with Gasteiger partial charge < -0.3 is 49.6 Å². The second-order valence-electron chi connectivity index (χ2n) is 9.20. The minimum Gasteiger partial charge on any atom is -0.472 e. The minimum atomic E-state index is -1.61. The summed E-state index contributed by atoms with van der Waals surface area (Å²) in [7, 11) is 0. The Labute approximate surface area is 209 Å². The van der Waals surface area contributed by atoms with Crippen molar-refractivity contribution in [2.75, 3.05) is 19.8 Å². The van der Waals surface area contributed by atoms with Gasteiger partial charge in [-0.15, -0.1) is 0 Å². The van der Waals surface area contributed by atoms with Crippen LogP contribution < -0.4 is 0 Å². The number of esters is 1. The highest BCUT2D eigenvalue weighted by Gasteiger charge is 2.50. The van der Waals surface area contributed by atoms with E-state index in [1.807, 2.05) is 6.92 Å². The maximum Gasteiger partial charge on any atom is 0.333 e. The van der Waals surface area contributed by atoms with Crippen LogP contribution in [0.2, 0.25) is 0 Å². The third-order valence-electron chi connectivity index (χ3n) is 6.70. The monoisotopic (exact) mass is 512 g/mol. The molecule has 11 heteroatoms. The quantitative estimate of drug-likeness (QED) is 0.125. The molecule has 6 N–H and O–H groups in total. The number of hydrogen-bond donors (Lipinski definition) is 6. The van der Waals surface area contributed by atoms with Crippen LogP contribution in [0.4, 0.5) is 0 Å². The van der Waals surface area contributed by atoms with Crippen LogP contribution >= 0.6 is 0 Å². The number of carbonyl (C=O) groups excluding carboxylic acids is 1. The van der Waals surface area contributed by atoms with Gasteiger partial charge in [0.2, 0.25) is 6.29 Å². The molecule has 0 bridgehead atoms. The van der Waals surface area contributed by atoms with Gasteiger partial charge in [-0.2, -0.15) is 0 Å². The van der Waals surface area contributed by atoms with E-state index >= 15 is 0 Å². The van der Waals surface area contributed by atoms with Gasteiger partial charge in [0.15, 0.2) is 6.29 Å². The zero-order valence-electron chi connectivity index (χ0n) is 20.3. The number of aliphatic hydroxyl groups is 6. The van der Waals surface area contributed by atoms with E-state index in [1.165, 1.54) is 6.26 Å². The van der Waals surface area contributed by atoms with Gasteiger partial charge in [0.1, 0.15) is 30.5 Å². The summed E-state index contributed by atoms with van der Waals surface area (Å²) in [5.41, 5.74) is 1.95. The van der Waals surface area contributed by atoms with Crippen LogP contribution in [0, 0.1) is 11.8 Å². The van der Waals surface area contributed by atoms with Crippen LogP contribution in [0.5, 0.6) is 0 Å². The Morgan fingerprint density at radius 3 is 2.47 bits per heavy atom. The Morgan fingerprint density at radius 1 is 1.06 bits per heavy atom. The molecule has 0 unspecified atom stereocenters. The molecule has 36 heavy (non-hydrogen) atoms. The Balaban J connectivity index is 1.67. The highest BCUT2D eigenvalue weighted by molar-refractivity contribution is 5.88. The van der Waals surface area contributed by atoms with Gasteiger partial charge in [0.05, 0.1) is 32.0 Å². The summed E-state index contributed by atoms with van der Waals surface area (Å²) in [5, 5.41) is 58.6. The predicted molar refractivity (Wildman–Crippen MR) is 125 cm³/mol. The largest absolute Gasteiger partial charge is 0.472 e. The molecule has 1 aliphatic carbocycles. The first-order chi connectivity index (χ1) is 17.2. The van der Waals surface area contributed by atoms with Crippen LogP contribution in [0.15, 0.2) is 47.3 Å². The van der Waals surface area contributed by atoms with Gasteiger partial charge in [-0.25, -0.2) is 4.79 Å². The van der Waals surface area contributed by atoms with Crippen LogP contribution in [-0.4, -0.2) is 99.5 Å². The lowest BCUT2D eigenvalue weighted by molar-refractivity contribution is -0.339. The minimum absolute atomic E-state index is 0.0291. The fourth-order valence-corrected chi connectivity index (χ4v) is 4.54. The van der Waals surface area contributed by atoms with Crippen molar-refractivity contribution in [3.8, 4) is 0 Å². The Morgan fingerprint density at radius 2 is 1.81 bits per heavy atom. The van der Waals surface area contributed by atoms with Crippen LogP contribution in [0.1, 0.15) is 26.7 Å². The lowest BCUT2D eigenvalue weighted by Gasteiger charge is -2.42. The number of fused-ring (bicyclic) bond motifs is 1. The summed E-state index contributed by atoms with van der Waals surface area (Å²) in [6.07, 6.45) is 0.384. The topological polar surface area (TPSA) is 175 Å². The van der Waals surface area contributed by atoms with E-state index in [1.54, 1.807) is 31.2 Å².